The number of carbonyl (C=O) groups excluding carboxylic acids is 1. The maximum Gasteiger partial charge on any atom is 0.255 e. The van der Waals surface area contributed by atoms with Crippen molar-refractivity contribution in [1.82, 2.24) is 9.88 Å². The van der Waals surface area contributed by atoms with E-state index in [4.69, 9.17) is 0 Å². The first-order chi connectivity index (χ1) is 8.20. The lowest BCUT2D eigenvalue weighted by Crippen LogP contribution is -2.38. The van der Waals surface area contributed by atoms with Gasteiger partial charge < -0.3 is 10.0 Å². The van der Waals surface area contributed by atoms with Crippen LogP contribution >= 0.6 is 0 Å². The molecule has 1 saturated heterocycles. The molecule has 0 aromatic carbocycles. The fraction of sp³-hybridized carbons (Fsp3) is 0.538. The van der Waals surface area contributed by atoms with Gasteiger partial charge in [-0.1, -0.05) is 13.3 Å². The van der Waals surface area contributed by atoms with Gasteiger partial charge in [0.1, 0.15) is 5.75 Å². The van der Waals surface area contributed by atoms with E-state index < -0.39 is 0 Å². The third kappa shape index (κ3) is 2.75. The summed E-state index contributed by atoms with van der Waals surface area (Å²) in [6.45, 7) is 3.82. The number of pyridine rings is 1. The van der Waals surface area contributed by atoms with E-state index in [1.165, 1.54) is 24.9 Å². The van der Waals surface area contributed by atoms with Crippen molar-refractivity contribution in [3.63, 3.8) is 0 Å². The molecule has 1 aliphatic heterocycles. The highest BCUT2D eigenvalue weighted by Gasteiger charge is 2.22. The Hall–Kier alpha value is -1.58. The molecule has 4 heteroatoms. The monoisotopic (exact) mass is 234 g/mol. The Morgan fingerprint density at radius 3 is 2.76 bits per heavy atom. The van der Waals surface area contributed by atoms with Gasteiger partial charge in [0.15, 0.2) is 0 Å². The summed E-state index contributed by atoms with van der Waals surface area (Å²) in [6, 6.07) is 1.47. The summed E-state index contributed by atoms with van der Waals surface area (Å²) in [5.41, 5.74) is 0.472. The molecule has 1 N–H and O–H groups in total. The van der Waals surface area contributed by atoms with Crippen LogP contribution < -0.4 is 0 Å². The molecule has 2 heterocycles. The number of hydrogen-bond acceptors (Lipinski definition) is 3. The zero-order valence-electron chi connectivity index (χ0n) is 10.1. The molecule has 4 nitrogen and oxygen atoms in total. The first-order valence-electron chi connectivity index (χ1n) is 6.14. The van der Waals surface area contributed by atoms with Crippen LogP contribution in [0.4, 0.5) is 0 Å². The van der Waals surface area contributed by atoms with Crippen LogP contribution in [-0.2, 0) is 0 Å². The highest BCUT2D eigenvalue weighted by atomic mass is 16.3. The molecular weight excluding hydrogens is 216 g/mol. The van der Waals surface area contributed by atoms with E-state index in [1.807, 2.05) is 4.90 Å². The lowest BCUT2D eigenvalue weighted by atomic mass is 9.94. The highest BCUT2D eigenvalue weighted by Crippen LogP contribution is 2.21. The Kier molecular flexibility index (Phi) is 3.61. The van der Waals surface area contributed by atoms with Gasteiger partial charge in [-0.3, -0.25) is 9.78 Å². The van der Waals surface area contributed by atoms with Crippen molar-refractivity contribution in [2.24, 2.45) is 5.92 Å². The average molecular weight is 234 g/mol. The largest absolute Gasteiger partial charge is 0.506 e. The minimum atomic E-state index is -0.0250. The van der Waals surface area contributed by atoms with Crippen LogP contribution in [0.5, 0.6) is 5.75 Å². The van der Waals surface area contributed by atoms with Gasteiger partial charge in [-0.15, -0.1) is 0 Å². The highest BCUT2D eigenvalue weighted by molar-refractivity contribution is 5.94. The van der Waals surface area contributed by atoms with Crippen LogP contribution in [-0.4, -0.2) is 34.0 Å². The van der Waals surface area contributed by atoms with Crippen molar-refractivity contribution in [3.05, 3.63) is 24.0 Å². The molecule has 0 bridgehead atoms. The predicted octanol–water partition coefficient (Wildman–Crippen LogP) is 2.05. The first-order valence-corrected chi connectivity index (χ1v) is 6.14. The number of likely N-dealkylation sites (tertiary alicyclic amines) is 1. The van der Waals surface area contributed by atoms with Crippen molar-refractivity contribution in [1.29, 1.82) is 0 Å². The summed E-state index contributed by atoms with van der Waals surface area (Å²) in [5.74, 6) is 0.767. The molecule has 0 atom stereocenters. The molecule has 1 amide bonds. The number of aromatic hydroxyl groups is 1. The average Bonchev–Trinajstić information content (AvgIpc) is 2.38. The summed E-state index contributed by atoms with van der Waals surface area (Å²) in [7, 11) is 0. The van der Waals surface area contributed by atoms with Crippen LogP contribution in [0.25, 0.3) is 0 Å². The lowest BCUT2D eigenvalue weighted by Gasteiger charge is -2.31. The molecule has 92 valence electrons. The van der Waals surface area contributed by atoms with Crippen molar-refractivity contribution in [2.45, 2.75) is 26.2 Å². The van der Waals surface area contributed by atoms with Crippen molar-refractivity contribution >= 4 is 5.91 Å². The zero-order valence-corrected chi connectivity index (χ0v) is 10.1. The predicted molar refractivity (Wildman–Crippen MR) is 64.8 cm³/mol. The second-order valence-corrected chi connectivity index (χ2v) is 4.58. The third-order valence-electron chi connectivity index (χ3n) is 3.45. The van der Waals surface area contributed by atoms with Crippen LogP contribution in [0, 0.1) is 5.92 Å². The SMILES string of the molecule is CCC1CCN(C(=O)c2cncc(O)c2)CC1. The van der Waals surface area contributed by atoms with Gasteiger partial charge in [0.2, 0.25) is 0 Å². The fourth-order valence-corrected chi connectivity index (χ4v) is 2.27. The third-order valence-corrected chi connectivity index (χ3v) is 3.45. The van der Waals surface area contributed by atoms with E-state index in [1.54, 1.807) is 0 Å². The normalized spacial score (nSPS) is 17.1. The smallest absolute Gasteiger partial charge is 0.255 e. The van der Waals surface area contributed by atoms with Gasteiger partial charge in [-0.25, -0.2) is 0 Å². The summed E-state index contributed by atoms with van der Waals surface area (Å²) in [6.07, 6.45) is 6.19. The maximum atomic E-state index is 12.1. The summed E-state index contributed by atoms with van der Waals surface area (Å²) in [4.78, 5) is 17.8. The van der Waals surface area contributed by atoms with Gasteiger partial charge in [-0.2, -0.15) is 0 Å². The van der Waals surface area contributed by atoms with E-state index in [9.17, 15) is 9.90 Å². The van der Waals surface area contributed by atoms with Gasteiger partial charge in [0.05, 0.1) is 11.8 Å². The fourth-order valence-electron chi connectivity index (χ4n) is 2.27. The first kappa shape index (κ1) is 11.9. The van der Waals surface area contributed by atoms with Crippen LogP contribution in [0.3, 0.4) is 0 Å². The van der Waals surface area contributed by atoms with E-state index in [-0.39, 0.29) is 11.7 Å². The van der Waals surface area contributed by atoms with E-state index >= 15 is 0 Å². The van der Waals surface area contributed by atoms with E-state index in [0.29, 0.717) is 5.56 Å². The van der Waals surface area contributed by atoms with Crippen LogP contribution in [0.1, 0.15) is 36.5 Å². The van der Waals surface area contributed by atoms with E-state index in [0.717, 1.165) is 31.8 Å². The maximum absolute atomic E-state index is 12.1. The molecule has 0 aliphatic carbocycles. The van der Waals surface area contributed by atoms with Crippen molar-refractivity contribution in [3.8, 4) is 5.75 Å². The summed E-state index contributed by atoms with van der Waals surface area (Å²) in [5, 5.41) is 9.31. The summed E-state index contributed by atoms with van der Waals surface area (Å²) < 4.78 is 0. The number of hydrogen-bond donors (Lipinski definition) is 1. The number of piperidine rings is 1. The standard InChI is InChI=1S/C13H18N2O2/c1-2-10-3-5-15(6-4-10)13(17)11-7-12(16)9-14-8-11/h7-10,16H,2-6H2,1H3. The number of rotatable bonds is 2. The Labute approximate surface area is 101 Å². The van der Waals surface area contributed by atoms with Gasteiger partial charge in [0.25, 0.3) is 5.91 Å². The van der Waals surface area contributed by atoms with Crippen LogP contribution in [0.15, 0.2) is 18.5 Å². The number of nitrogens with zero attached hydrogens (tertiary/aromatic N) is 2. The zero-order chi connectivity index (χ0) is 12.3. The molecule has 0 spiro atoms. The van der Waals surface area contributed by atoms with Gasteiger partial charge >= 0.3 is 0 Å². The Morgan fingerprint density at radius 1 is 1.47 bits per heavy atom. The van der Waals surface area contributed by atoms with Crippen molar-refractivity contribution in [2.75, 3.05) is 13.1 Å². The van der Waals surface area contributed by atoms with Gasteiger partial charge in [-0.05, 0) is 24.8 Å². The lowest BCUT2D eigenvalue weighted by molar-refractivity contribution is 0.0688. The molecule has 1 aromatic rings. The molecule has 17 heavy (non-hydrogen) atoms. The quantitative estimate of drug-likeness (QED) is 0.852. The van der Waals surface area contributed by atoms with Crippen LogP contribution in [0.2, 0.25) is 0 Å². The summed E-state index contributed by atoms with van der Waals surface area (Å²) >= 11 is 0. The number of aromatic nitrogens is 1. The van der Waals surface area contributed by atoms with E-state index in [2.05, 4.69) is 11.9 Å². The minimum absolute atomic E-state index is 0.0250. The Morgan fingerprint density at radius 2 is 2.18 bits per heavy atom. The Bertz CT molecular complexity index is 398. The Balaban J connectivity index is 2.02. The molecule has 0 radical (unpaired) electrons. The second-order valence-electron chi connectivity index (χ2n) is 4.58. The molecule has 1 aliphatic rings. The molecule has 1 aromatic heterocycles. The van der Waals surface area contributed by atoms with Gasteiger partial charge in [0, 0.05) is 19.3 Å². The molecule has 0 saturated carbocycles. The molecule has 1 fully saturated rings. The molecular formula is C13H18N2O2. The topological polar surface area (TPSA) is 53.4 Å². The number of amides is 1. The molecule has 0 unspecified atom stereocenters. The second kappa shape index (κ2) is 5.17. The minimum Gasteiger partial charge on any atom is -0.506 e. The van der Waals surface area contributed by atoms with Crippen molar-refractivity contribution < 1.29 is 9.90 Å². The number of carbonyl (C=O) groups is 1. The molecule has 2 rings (SSSR count).